The fourth-order valence-corrected chi connectivity index (χ4v) is 3.54. The van der Waals surface area contributed by atoms with Gasteiger partial charge < -0.3 is 15.6 Å². The lowest BCUT2D eigenvalue weighted by Gasteiger charge is -2.12. The smallest absolute Gasteiger partial charge is 0.348 e. The van der Waals surface area contributed by atoms with E-state index < -0.39 is 11.8 Å². The van der Waals surface area contributed by atoms with E-state index in [2.05, 4.69) is 0 Å². The van der Waals surface area contributed by atoms with E-state index in [0.717, 1.165) is 11.3 Å². The topological polar surface area (TPSA) is 72.5 Å². The second-order valence-electron chi connectivity index (χ2n) is 4.86. The molecule has 1 aromatic heterocycles. The summed E-state index contributed by atoms with van der Waals surface area (Å²) in [6.45, 7) is 3.78. The molecule has 0 saturated heterocycles. The minimum atomic E-state index is -1.11. The zero-order valence-corrected chi connectivity index (χ0v) is 12.8. The van der Waals surface area contributed by atoms with Crippen molar-refractivity contribution in [3.63, 3.8) is 0 Å². The van der Waals surface area contributed by atoms with Crippen LogP contribution in [0.25, 0.3) is 10.4 Å². The molecule has 1 heterocycles. The van der Waals surface area contributed by atoms with Gasteiger partial charge in [0, 0.05) is 4.88 Å². The molecule has 2 aromatic rings. The van der Waals surface area contributed by atoms with Crippen molar-refractivity contribution in [3.8, 4) is 16.2 Å². The third-order valence-electron chi connectivity index (χ3n) is 3.18. The summed E-state index contributed by atoms with van der Waals surface area (Å²) in [5.74, 6) is -1.25. The van der Waals surface area contributed by atoms with Crippen LogP contribution in [0.2, 0.25) is 0 Å². The lowest BCUT2D eigenvalue weighted by atomic mass is 9.97. The van der Waals surface area contributed by atoms with Crippen molar-refractivity contribution in [3.05, 3.63) is 34.5 Å². The van der Waals surface area contributed by atoms with E-state index in [1.54, 1.807) is 12.1 Å². The molecule has 4 nitrogen and oxygen atoms in total. The molecule has 0 amide bonds. The molecule has 112 valence electrons. The highest BCUT2D eigenvalue weighted by Gasteiger charge is 2.26. The van der Waals surface area contributed by atoms with Gasteiger partial charge in [-0.15, -0.1) is 11.3 Å². The fourth-order valence-electron chi connectivity index (χ4n) is 2.27. The van der Waals surface area contributed by atoms with Crippen molar-refractivity contribution < 1.29 is 19.0 Å². The molecular weight excluding hydrogens is 293 g/mol. The molecule has 6 heteroatoms. The van der Waals surface area contributed by atoms with Crippen LogP contribution in [0.4, 0.5) is 10.1 Å². The summed E-state index contributed by atoms with van der Waals surface area (Å²) in [5.41, 5.74) is 7.05. The molecule has 0 saturated carbocycles. The van der Waals surface area contributed by atoms with Gasteiger partial charge in [0.25, 0.3) is 0 Å². The maximum absolute atomic E-state index is 14.2. The summed E-state index contributed by atoms with van der Waals surface area (Å²) in [5, 5.41) is 9.23. The largest absolute Gasteiger partial charge is 0.496 e. The van der Waals surface area contributed by atoms with Crippen LogP contribution in [0.3, 0.4) is 0 Å². The Balaban J connectivity index is 2.81. The number of hydrogen-bond acceptors (Lipinski definition) is 4. The summed E-state index contributed by atoms with van der Waals surface area (Å²) in [6, 6.07) is 4.50. The van der Waals surface area contributed by atoms with Crippen molar-refractivity contribution in [2.45, 2.75) is 19.8 Å². The number of benzene rings is 1. The third kappa shape index (κ3) is 2.58. The lowest BCUT2D eigenvalue weighted by Crippen LogP contribution is -2.01. The Labute approximate surface area is 126 Å². The van der Waals surface area contributed by atoms with Crippen molar-refractivity contribution in [2.24, 2.45) is 0 Å². The number of ether oxygens (including phenoxy) is 1. The van der Waals surface area contributed by atoms with Crippen LogP contribution in [0.15, 0.2) is 18.2 Å². The highest BCUT2D eigenvalue weighted by molar-refractivity contribution is 7.18. The minimum Gasteiger partial charge on any atom is -0.496 e. The molecule has 0 spiro atoms. The van der Waals surface area contributed by atoms with Crippen LogP contribution in [0.5, 0.6) is 5.75 Å². The molecule has 1 aromatic carbocycles. The van der Waals surface area contributed by atoms with E-state index in [1.807, 2.05) is 13.8 Å². The van der Waals surface area contributed by atoms with Gasteiger partial charge >= 0.3 is 5.97 Å². The van der Waals surface area contributed by atoms with Crippen LogP contribution in [-0.4, -0.2) is 18.2 Å². The number of rotatable bonds is 4. The molecule has 3 N–H and O–H groups in total. The summed E-state index contributed by atoms with van der Waals surface area (Å²) in [6.07, 6.45) is 0. The number of nitrogen functional groups attached to an aromatic ring is 1. The standard InChI is InChI=1S/C15H16FNO3S/c1-7(2)10-12(17)14(15(18)19)21-13(10)11-8(16)5-4-6-9(11)20-3/h4-7H,17H2,1-3H3,(H,18,19). The average molecular weight is 309 g/mol. The zero-order chi connectivity index (χ0) is 15.7. The van der Waals surface area contributed by atoms with E-state index in [0.29, 0.717) is 16.2 Å². The SMILES string of the molecule is COc1cccc(F)c1-c1sc(C(=O)O)c(N)c1C(C)C. The Morgan fingerprint density at radius 2 is 2.10 bits per heavy atom. The second-order valence-corrected chi connectivity index (χ2v) is 5.89. The van der Waals surface area contributed by atoms with Crippen molar-refractivity contribution in [2.75, 3.05) is 12.8 Å². The van der Waals surface area contributed by atoms with E-state index in [4.69, 9.17) is 10.5 Å². The van der Waals surface area contributed by atoms with E-state index >= 15 is 0 Å². The van der Waals surface area contributed by atoms with Gasteiger partial charge in [-0.3, -0.25) is 0 Å². The number of anilines is 1. The molecule has 0 radical (unpaired) electrons. The molecule has 2 rings (SSSR count). The second kappa shape index (κ2) is 5.73. The van der Waals surface area contributed by atoms with Gasteiger partial charge in [0.05, 0.1) is 18.4 Å². The van der Waals surface area contributed by atoms with Crippen LogP contribution >= 0.6 is 11.3 Å². The molecular formula is C15H16FNO3S. The number of carboxylic acid groups (broad SMARTS) is 1. The maximum atomic E-state index is 14.2. The number of halogens is 1. The van der Waals surface area contributed by atoms with Gasteiger partial charge in [0.1, 0.15) is 16.4 Å². The lowest BCUT2D eigenvalue weighted by molar-refractivity contribution is 0.0703. The van der Waals surface area contributed by atoms with Crippen LogP contribution < -0.4 is 10.5 Å². The summed E-state index contributed by atoms with van der Waals surface area (Å²) < 4.78 is 19.5. The van der Waals surface area contributed by atoms with Crippen LogP contribution in [-0.2, 0) is 0 Å². The van der Waals surface area contributed by atoms with Crippen molar-refractivity contribution in [1.29, 1.82) is 0 Å². The Kier molecular flexibility index (Phi) is 4.18. The van der Waals surface area contributed by atoms with E-state index in [9.17, 15) is 14.3 Å². The molecule has 21 heavy (non-hydrogen) atoms. The quantitative estimate of drug-likeness (QED) is 0.896. The predicted octanol–water partition coefficient (Wildman–Crippen LogP) is 3.97. The van der Waals surface area contributed by atoms with Gasteiger partial charge in [-0.1, -0.05) is 19.9 Å². The molecule has 0 atom stereocenters. The number of methoxy groups -OCH3 is 1. The molecule has 0 bridgehead atoms. The van der Waals surface area contributed by atoms with Gasteiger partial charge in [-0.25, -0.2) is 9.18 Å². The van der Waals surface area contributed by atoms with Crippen molar-refractivity contribution >= 4 is 23.0 Å². The highest BCUT2D eigenvalue weighted by atomic mass is 32.1. The number of thiophene rings is 1. The minimum absolute atomic E-state index is 0.0269. The summed E-state index contributed by atoms with van der Waals surface area (Å²) in [4.78, 5) is 11.8. The van der Waals surface area contributed by atoms with Gasteiger partial charge in [-0.05, 0) is 23.6 Å². The molecule has 0 aliphatic carbocycles. The number of nitrogens with two attached hydrogens (primary N) is 1. The Bertz CT molecular complexity index is 694. The first-order valence-corrected chi connectivity index (χ1v) is 7.18. The molecule has 0 unspecified atom stereocenters. The average Bonchev–Trinajstić information content (AvgIpc) is 2.75. The normalized spacial score (nSPS) is 10.9. The number of hydrogen-bond donors (Lipinski definition) is 2. The van der Waals surface area contributed by atoms with Gasteiger partial charge in [0.2, 0.25) is 0 Å². The first kappa shape index (κ1) is 15.3. The maximum Gasteiger partial charge on any atom is 0.348 e. The number of aromatic carboxylic acids is 1. The number of carboxylic acids is 1. The number of carbonyl (C=O) groups is 1. The van der Waals surface area contributed by atoms with Crippen LogP contribution in [0.1, 0.15) is 35.0 Å². The summed E-state index contributed by atoms with van der Waals surface area (Å²) in [7, 11) is 1.45. The van der Waals surface area contributed by atoms with E-state index in [1.165, 1.54) is 13.2 Å². The van der Waals surface area contributed by atoms with Crippen molar-refractivity contribution in [1.82, 2.24) is 0 Å². The Morgan fingerprint density at radius 3 is 2.62 bits per heavy atom. The highest BCUT2D eigenvalue weighted by Crippen LogP contribution is 2.46. The third-order valence-corrected chi connectivity index (χ3v) is 4.40. The first-order chi connectivity index (χ1) is 9.88. The molecule has 0 aliphatic rings. The Morgan fingerprint density at radius 1 is 1.43 bits per heavy atom. The van der Waals surface area contributed by atoms with Gasteiger partial charge in [-0.2, -0.15) is 0 Å². The molecule has 0 aliphatic heterocycles. The van der Waals surface area contributed by atoms with Gasteiger partial charge in [0.15, 0.2) is 0 Å². The predicted molar refractivity (Wildman–Crippen MR) is 81.7 cm³/mol. The first-order valence-electron chi connectivity index (χ1n) is 6.36. The van der Waals surface area contributed by atoms with Crippen LogP contribution in [0, 0.1) is 5.82 Å². The monoisotopic (exact) mass is 309 g/mol. The molecule has 0 fully saturated rings. The zero-order valence-electron chi connectivity index (χ0n) is 11.9. The summed E-state index contributed by atoms with van der Waals surface area (Å²) >= 11 is 0.975. The van der Waals surface area contributed by atoms with E-state index in [-0.39, 0.29) is 22.0 Å². The fraction of sp³-hybridized carbons (Fsp3) is 0.267. The Hall–Kier alpha value is -2.08.